The van der Waals surface area contributed by atoms with Crippen molar-refractivity contribution >= 4 is 5.97 Å². The molecule has 3 unspecified atom stereocenters. The highest BCUT2D eigenvalue weighted by Crippen LogP contribution is 2.27. The van der Waals surface area contributed by atoms with E-state index in [1.165, 1.54) is 19.4 Å². The average Bonchev–Trinajstić information content (AvgIpc) is 2.76. The van der Waals surface area contributed by atoms with E-state index in [1.807, 2.05) is 0 Å². The number of likely N-dealkylation sites (tertiary alicyclic amines) is 1. The van der Waals surface area contributed by atoms with E-state index >= 15 is 0 Å². The average molecular weight is 271 g/mol. The lowest BCUT2D eigenvalue weighted by Gasteiger charge is -2.36. The van der Waals surface area contributed by atoms with E-state index in [4.69, 9.17) is 14.6 Å². The summed E-state index contributed by atoms with van der Waals surface area (Å²) in [5.74, 6) is -0.220. The number of hydrogen-bond acceptors (Lipinski definition) is 4. The van der Waals surface area contributed by atoms with Crippen molar-refractivity contribution in [1.29, 1.82) is 0 Å². The molecule has 2 heterocycles. The van der Waals surface area contributed by atoms with Crippen LogP contribution in [0, 0.1) is 5.92 Å². The summed E-state index contributed by atoms with van der Waals surface area (Å²) in [6, 6.07) is 0.591. The van der Waals surface area contributed by atoms with Crippen LogP contribution in [0.3, 0.4) is 0 Å². The first-order valence-electron chi connectivity index (χ1n) is 7.27. The molecular weight excluding hydrogens is 246 g/mol. The van der Waals surface area contributed by atoms with E-state index in [9.17, 15) is 4.79 Å². The van der Waals surface area contributed by atoms with Crippen molar-refractivity contribution in [1.82, 2.24) is 4.90 Å². The minimum Gasteiger partial charge on any atom is -0.481 e. The molecular formula is C14H25NO4. The fourth-order valence-corrected chi connectivity index (χ4v) is 2.96. The summed E-state index contributed by atoms with van der Waals surface area (Å²) in [6.07, 6.45) is 2.90. The van der Waals surface area contributed by atoms with Crippen LogP contribution >= 0.6 is 0 Å². The molecule has 1 N–H and O–H groups in total. The molecule has 0 radical (unpaired) electrons. The standard InChI is InChI=1S/C14H25NO4/c1-10(2)15-5-3-4-11(8-15)6-14-18-9-12(19-14)7-13(16)17/h10-12,14H,3-9H2,1-2H3,(H,16,17). The Labute approximate surface area is 114 Å². The molecule has 0 bridgehead atoms. The second-order valence-corrected chi connectivity index (χ2v) is 5.95. The van der Waals surface area contributed by atoms with Crippen molar-refractivity contribution in [3.05, 3.63) is 0 Å². The van der Waals surface area contributed by atoms with E-state index in [2.05, 4.69) is 18.7 Å². The zero-order valence-electron chi connectivity index (χ0n) is 11.9. The fraction of sp³-hybridized carbons (Fsp3) is 0.929. The van der Waals surface area contributed by atoms with Gasteiger partial charge >= 0.3 is 5.97 Å². The van der Waals surface area contributed by atoms with Crippen molar-refractivity contribution < 1.29 is 19.4 Å². The third-order valence-corrected chi connectivity index (χ3v) is 4.02. The van der Waals surface area contributed by atoms with Gasteiger partial charge in [0.2, 0.25) is 0 Å². The largest absolute Gasteiger partial charge is 0.481 e. The van der Waals surface area contributed by atoms with E-state index in [0.717, 1.165) is 13.0 Å². The van der Waals surface area contributed by atoms with E-state index in [0.29, 0.717) is 18.6 Å². The van der Waals surface area contributed by atoms with Gasteiger partial charge in [-0.15, -0.1) is 0 Å². The van der Waals surface area contributed by atoms with Gasteiger partial charge in [0, 0.05) is 19.0 Å². The monoisotopic (exact) mass is 271 g/mol. The van der Waals surface area contributed by atoms with Crippen LogP contribution in [-0.4, -0.2) is 54.1 Å². The molecule has 2 fully saturated rings. The Hall–Kier alpha value is -0.650. The molecule has 3 atom stereocenters. The smallest absolute Gasteiger partial charge is 0.306 e. The van der Waals surface area contributed by atoms with Crippen LogP contribution in [0.15, 0.2) is 0 Å². The summed E-state index contributed by atoms with van der Waals surface area (Å²) in [7, 11) is 0. The zero-order chi connectivity index (χ0) is 13.8. The summed E-state index contributed by atoms with van der Waals surface area (Å²) in [6.45, 7) is 7.16. The lowest BCUT2D eigenvalue weighted by Crippen LogP contribution is -2.40. The molecule has 0 aromatic rings. The number of carboxylic acids is 1. The molecule has 2 aliphatic rings. The Kier molecular flexibility index (Phi) is 5.19. The number of carboxylic acid groups (broad SMARTS) is 1. The predicted octanol–water partition coefficient (Wildman–Crippen LogP) is 1.71. The van der Waals surface area contributed by atoms with Gasteiger partial charge in [-0.3, -0.25) is 4.79 Å². The number of hydrogen-bond donors (Lipinski definition) is 1. The van der Waals surface area contributed by atoms with Crippen molar-refractivity contribution in [3.8, 4) is 0 Å². The molecule has 110 valence electrons. The molecule has 0 spiro atoms. The molecule has 0 aromatic carbocycles. The van der Waals surface area contributed by atoms with Crippen LogP contribution in [0.4, 0.5) is 0 Å². The van der Waals surface area contributed by atoms with Gasteiger partial charge in [-0.2, -0.15) is 0 Å². The Morgan fingerprint density at radius 2 is 2.26 bits per heavy atom. The maximum atomic E-state index is 10.6. The molecule has 0 saturated carbocycles. The molecule has 0 amide bonds. The summed E-state index contributed by atoms with van der Waals surface area (Å²) in [4.78, 5) is 13.1. The molecule has 2 aliphatic heterocycles. The lowest BCUT2D eigenvalue weighted by atomic mass is 9.94. The Bertz CT molecular complexity index is 308. The van der Waals surface area contributed by atoms with Crippen LogP contribution in [-0.2, 0) is 14.3 Å². The van der Waals surface area contributed by atoms with Crippen molar-refractivity contribution in [2.45, 2.75) is 58.0 Å². The quantitative estimate of drug-likeness (QED) is 0.825. The predicted molar refractivity (Wildman–Crippen MR) is 70.9 cm³/mol. The first kappa shape index (κ1) is 14.8. The maximum Gasteiger partial charge on any atom is 0.306 e. The van der Waals surface area contributed by atoms with Gasteiger partial charge in [0.1, 0.15) is 0 Å². The number of piperidine rings is 1. The normalized spacial score (nSPS) is 32.9. The van der Waals surface area contributed by atoms with Gasteiger partial charge in [0.15, 0.2) is 6.29 Å². The van der Waals surface area contributed by atoms with Crippen LogP contribution in [0.5, 0.6) is 0 Å². The fourth-order valence-electron chi connectivity index (χ4n) is 2.96. The topological polar surface area (TPSA) is 59.0 Å². The van der Waals surface area contributed by atoms with Crippen LogP contribution in [0.2, 0.25) is 0 Å². The lowest BCUT2D eigenvalue weighted by molar-refractivity contribution is -0.140. The van der Waals surface area contributed by atoms with Crippen LogP contribution in [0.25, 0.3) is 0 Å². The van der Waals surface area contributed by atoms with Crippen LogP contribution < -0.4 is 0 Å². The Morgan fingerprint density at radius 3 is 2.95 bits per heavy atom. The molecule has 5 nitrogen and oxygen atoms in total. The van der Waals surface area contributed by atoms with Crippen LogP contribution in [0.1, 0.15) is 39.5 Å². The minimum atomic E-state index is -0.821. The summed E-state index contributed by atoms with van der Waals surface area (Å²) >= 11 is 0. The second kappa shape index (κ2) is 6.68. The molecule has 2 rings (SSSR count). The first-order chi connectivity index (χ1) is 9.04. The zero-order valence-corrected chi connectivity index (χ0v) is 11.9. The van der Waals surface area contributed by atoms with E-state index < -0.39 is 5.97 Å². The van der Waals surface area contributed by atoms with Gasteiger partial charge in [-0.05, 0) is 39.2 Å². The highest BCUT2D eigenvalue weighted by Gasteiger charge is 2.31. The molecule has 5 heteroatoms. The number of ether oxygens (including phenoxy) is 2. The molecule has 0 aliphatic carbocycles. The highest BCUT2D eigenvalue weighted by molar-refractivity contribution is 5.67. The highest BCUT2D eigenvalue weighted by atomic mass is 16.7. The van der Waals surface area contributed by atoms with Crippen molar-refractivity contribution in [3.63, 3.8) is 0 Å². The summed E-state index contributed by atoms with van der Waals surface area (Å²) < 4.78 is 11.2. The molecule has 2 saturated heterocycles. The number of aliphatic carboxylic acids is 1. The minimum absolute atomic E-state index is 0.0410. The van der Waals surface area contributed by atoms with Gasteiger partial charge < -0.3 is 19.5 Å². The Morgan fingerprint density at radius 1 is 1.47 bits per heavy atom. The second-order valence-electron chi connectivity index (χ2n) is 5.95. The Balaban J connectivity index is 1.74. The van der Waals surface area contributed by atoms with Crippen molar-refractivity contribution in [2.75, 3.05) is 19.7 Å². The van der Waals surface area contributed by atoms with E-state index in [1.54, 1.807) is 0 Å². The third kappa shape index (κ3) is 4.44. The van der Waals surface area contributed by atoms with Gasteiger partial charge in [-0.25, -0.2) is 0 Å². The first-order valence-corrected chi connectivity index (χ1v) is 7.27. The number of rotatable bonds is 5. The summed E-state index contributed by atoms with van der Waals surface area (Å²) in [5, 5.41) is 8.74. The van der Waals surface area contributed by atoms with E-state index in [-0.39, 0.29) is 18.8 Å². The van der Waals surface area contributed by atoms with Crippen molar-refractivity contribution in [2.24, 2.45) is 5.92 Å². The van der Waals surface area contributed by atoms with Gasteiger partial charge in [-0.1, -0.05) is 0 Å². The molecule has 19 heavy (non-hydrogen) atoms. The third-order valence-electron chi connectivity index (χ3n) is 4.02. The number of carbonyl (C=O) groups is 1. The SMILES string of the molecule is CC(C)N1CCCC(CC2OCC(CC(=O)O)O2)C1. The molecule has 0 aromatic heterocycles. The number of nitrogens with zero attached hydrogens (tertiary/aromatic N) is 1. The van der Waals surface area contributed by atoms with Gasteiger partial charge in [0.25, 0.3) is 0 Å². The maximum absolute atomic E-state index is 10.6. The van der Waals surface area contributed by atoms with Gasteiger partial charge in [0.05, 0.1) is 19.1 Å². The summed E-state index contributed by atoms with van der Waals surface area (Å²) in [5.41, 5.74) is 0.